The molecule has 0 spiro atoms. The third kappa shape index (κ3) is 1.33. The molecule has 0 aliphatic rings. The highest BCUT2D eigenvalue weighted by molar-refractivity contribution is 5.84. The fourth-order valence-electron chi connectivity index (χ4n) is 1.50. The van der Waals surface area contributed by atoms with Gasteiger partial charge in [0.1, 0.15) is 23.5 Å². The summed E-state index contributed by atoms with van der Waals surface area (Å²) in [7, 11) is 0. The first-order chi connectivity index (χ1) is 7.30. The molecule has 4 heteroatoms. The number of nitriles is 2. The number of hydrogen-bond donors (Lipinski definition) is 1. The third-order valence-corrected chi connectivity index (χ3v) is 2.27. The minimum atomic E-state index is 0.353. The number of imidazole rings is 1. The molecule has 1 aromatic carbocycles. The SMILES string of the molecule is CCc1nc2c(C#N)c(C#N)ccc2[nH]1. The van der Waals surface area contributed by atoms with E-state index in [0.29, 0.717) is 16.6 Å². The van der Waals surface area contributed by atoms with E-state index >= 15 is 0 Å². The molecule has 0 radical (unpaired) electrons. The van der Waals surface area contributed by atoms with Crippen molar-refractivity contribution in [1.29, 1.82) is 10.5 Å². The Bertz CT molecular complexity index is 595. The van der Waals surface area contributed by atoms with Crippen molar-refractivity contribution in [3.05, 3.63) is 29.1 Å². The van der Waals surface area contributed by atoms with Crippen molar-refractivity contribution in [1.82, 2.24) is 9.97 Å². The molecule has 1 heterocycles. The van der Waals surface area contributed by atoms with Gasteiger partial charge in [-0.05, 0) is 12.1 Å². The molecule has 1 N–H and O–H groups in total. The molecule has 0 unspecified atom stereocenters. The van der Waals surface area contributed by atoms with Crippen LogP contribution in [0.2, 0.25) is 0 Å². The maximum absolute atomic E-state index is 8.97. The summed E-state index contributed by atoms with van der Waals surface area (Å²) >= 11 is 0. The van der Waals surface area contributed by atoms with Crippen LogP contribution < -0.4 is 0 Å². The molecule has 4 nitrogen and oxygen atoms in total. The van der Waals surface area contributed by atoms with E-state index in [2.05, 4.69) is 9.97 Å². The minimum absolute atomic E-state index is 0.353. The van der Waals surface area contributed by atoms with Gasteiger partial charge in [0, 0.05) is 6.42 Å². The maximum atomic E-state index is 8.97. The van der Waals surface area contributed by atoms with Crippen LogP contribution in [-0.2, 0) is 6.42 Å². The Kier molecular flexibility index (Phi) is 2.11. The van der Waals surface area contributed by atoms with Crippen LogP contribution in [0.25, 0.3) is 11.0 Å². The topological polar surface area (TPSA) is 76.3 Å². The number of H-pyrrole nitrogens is 1. The fourth-order valence-corrected chi connectivity index (χ4v) is 1.50. The average Bonchev–Trinajstić information content (AvgIpc) is 2.70. The maximum Gasteiger partial charge on any atom is 0.108 e. The Balaban J connectivity index is 2.83. The number of nitrogens with one attached hydrogen (secondary N) is 1. The molecule has 0 amide bonds. The highest BCUT2D eigenvalue weighted by Gasteiger charge is 2.10. The van der Waals surface area contributed by atoms with Gasteiger partial charge in [0.25, 0.3) is 0 Å². The molecule has 0 bridgehead atoms. The van der Waals surface area contributed by atoms with E-state index in [1.807, 2.05) is 19.1 Å². The molecule has 0 aliphatic heterocycles. The lowest BCUT2D eigenvalue weighted by Gasteiger charge is -1.93. The molecular weight excluding hydrogens is 188 g/mol. The van der Waals surface area contributed by atoms with Crippen molar-refractivity contribution < 1.29 is 0 Å². The third-order valence-electron chi connectivity index (χ3n) is 2.27. The van der Waals surface area contributed by atoms with Gasteiger partial charge in [0.15, 0.2) is 0 Å². The summed E-state index contributed by atoms with van der Waals surface area (Å²) in [5.41, 5.74) is 2.13. The molecule has 0 saturated carbocycles. The van der Waals surface area contributed by atoms with E-state index in [1.54, 1.807) is 12.1 Å². The molecule has 0 saturated heterocycles. The number of rotatable bonds is 1. The Morgan fingerprint density at radius 2 is 2.13 bits per heavy atom. The lowest BCUT2D eigenvalue weighted by atomic mass is 10.1. The normalized spacial score (nSPS) is 9.80. The Morgan fingerprint density at radius 1 is 1.33 bits per heavy atom. The van der Waals surface area contributed by atoms with E-state index < -0.39 is 0 Å². The number of aromatic amines is 1. The lowest BCUT2D eigenvalue weighted by molar-refractivity contribution is 1.00. The Morgan fingerprint density at radius 3 is 2.73 bits per heavy atom. The molecule has 0 aliphatic carbocycles. The van der Waals surface area contributed by atoms with Crippen molar-refractivity contribution in [3.8, 4) is 12.1 Å². The van der Waals surface area contributed by atoms with Crippen molar-refractivity contribution in [2.75, 3.05) is 0 Å². The van der Waals surface area contributed by atoms with Crippen LogP contribution in [0.15, 0.2) is 12.1 Å². The van der Waals surface area contributed by atoms with Crippen molar-refractivity contribution >= 4 is 11.0 Å². The predicted octanol–water partition coefficient (Wildman–Crippen LogP) is 1.87. The number of nitrogens with zero attached hydrogens (tertiary/aromatic N) is 3. The second-order valence-electron chi connectivity index (χ2n) is 3.14. The van der Waals surface area contributed by atoms with Crippen molar-refractivity contribution in [2.45, 2.75) is 13.3 Å². The van der Waals surface area contributed by atoms with Crippen LogP contribution in [0.3, 0.4) is 0 Å². The molecule has 0 atom stereocenters. The van der Waals surface area contributed by atoms with E-state index in [9.17, 15) is 0 Å². The second kappa shape index (κ2) is 3.43. The molecule has 2 rings (SSSR count). The highest BCUT2D eigenvalue weighted by Crippen LogP contribution is 2.19. The molecule has 1 aromatic heterocycles. The zero-order valence-electron chi connectivity index (χ0n) is 8.20. The second-order valence-corrected chi connectivity index (χ2v) is 3.14. The summed E-state index contributed by atoms with van der Waals surface area (Å²) in [5.74, 6) is 0.830. The summed E-state index contributed by atoms with van der Waals surface area (Å²) < 4.78 is 0. The number of aromatic nitrogens is 2. The van der Waals surface area contributed by atoms with Gasteiger partial charge in [0.05, 0.1) is 16.6 Å². The summed E-state index contributed by atoms with van der Waals surface area (Å²) in [6.07, 6.45) is 0.779. The van der Waals surface area contributed by atoms with Gasteiger partial charge in [-0.2, -0.15) is 10.5 Å². The largest absolute Gasteiger partial charge is 0.342 e. The van der Waals surface area contributed by atoms with Gasteiger partial charge >= 0.3 is 0 Å². The van der Waals surface area contributed by atoms with E-state index in [0.717, 1.165) is 17.8 Å². The summed E-state index contributed by atoms with van der Waals surface area (Å²) in [6, 6.07) is 7.43. The van der Waals surface area contributed by atoms with Crippen LogP contribution in [0, 0.1) is 22.7 Å². The van der Waals surface area contributed by atoms with Crippen LogP contribution >= 0.6 is 0 Å². The van der Waals surface area contributed by atoms with Crippen LogP contribution in [0.4, 0.5) is 0 Å². The molecule has 72 valence electrons. The number of aryl methyl sites for hydroxylation is 1. The number of fused-ring (bicyclic) bond motifs is 1. The first-order valence-corrected chi connectivity index (χ1v) is 4.62. The Labute approximate surface area is 86.8 Å². The predicted molar refractivity (Wildman–Crippen MR) is 54.9 cm³/mol. The number of benzene rings is 1. The van der Waals surface area contributed by atoms with Crippen LogP contribution in [0.1, 0.15) is 23.9 Å². The van der Waals surface area contributed by atoms with Gasteiger partial charge in [-0.3, -0.25) is 0 Å². The number of hydrogen-bond acceptors (Lipinski definition) is 3. The molecular formula is C11H8N4. The van der Waals surface area contributed by atoms with Gasteiger partial charge in [-0.1, -0.05) is 6.92 Å². The average molecular weight is 196 g/mol. The van der Waals surface area contributed by atoms with Crippen molar-refractivity contribution in [2.24, 2.45) is 0 Å². The van der Waals surface area contributed by atoms with Gasteiger partial charge in [0.2, 0.25) is 0 Å². The van der Waals surface area contributed by atoms with Crippen LogP contribution in [-0.4, -0.2) is 9.97 Å². The molecule has 0 fully saturated rings. The molecule has 2 aromatic rings. The van der Waals surface area contributed by atoms with Crippen LogP contribution in [0.5, 0.6) is 0 Å². The fraction of sp³-hybridized carbons (Fsp3) is 0.182. The van der Waals surface area contributed by atoms with Gasteiger partial charge < -0.3 is 4.98 Å². The van der Waals surface area contributed by atoms with E-state index in [-0.39, 0.29) is 0 Å². The lowest BCUT2D eigenvalue weighted by Crippen LogP contribution is -1.85. The highest BCUT2D eigenvalue weighted by atomic mass is 14.9. The summed E-state index contributed by atoms with van der Waals surface area (Å²) in [5, 5.41) is 17.8. The standard InChI is InChI=1S/C11H8N4/c1-2-10-14-9-4-3-7(5-12)8(6-13)11(9)15-10/h3-4H,2H2,1H3,(H,14,15). The Hall–Kier alpha value is -2.33. The van der Waals surface area contributed by atoms with Gasteiger partial charge in [-0.25, -0.2) is 4.98 Å². The van der Waals surface area contributed by atoms with Crippen molar-refractivity contribution in [3.63, 3.8) is 0 Å². The van der Waals surface area contributed by atoms with E-state index in [1.165, 1.54) is 0 Å². The quantitative estimate of drug-likeness (QED) is 0.756. The first-order valence-electron chi connectivity index (χ1n) is 4.62. The zero-order valence-corrected chi connectivity index (χ0v) is 8.20. The monoisotopic (exact) mass is 196 g/mol. The van der Waals surface area contributed by atoms with Gasteiger partial charge in [-0.15, -0.1) is 0 Å². The summed E-state index contributed by atoms with van der Waals surface area (Å²) in [4.78, 5) is 7.38. The minimum Gasteiger partial charge on any atom is -0.342 e. The summed E-state index contributed by atoms with van der Waals surface area (Å²) in [6.45, 7) is 1.98. The smallest absolute Gasteiger partial charge is 0.108 e. The van der Waals surface area contributed by atoms with E-state index in [4.69, 9.17) is 10.5 Å². The first kappa shape index (κ1) is 9.23. The molecule has 15 heavy (non-hydrogen) atoms. The zero-order chi connectivity index (χ0) is 10.8.